The van der Waals surface area contributed by atoms with E-state index in [9.17, 15) is 0 Å². The summed E-state index contributed by atoms with van der Waals surface area (Å²) in [5.74, 6) is 1.74. The van der Waals surface area contributed by atoms with Gasteiger partial charge >= 0.3 is 0 Å². The first-order valence-electron chi connectivity index (χ1n) is 9.51. The van der Waals surface area contributed by atoms with E-state index in [-0.39, 0.29) is 0 Å². The lowest BCUT2D eigenvalue weighted by Gasteiger charge is -2.21. The number of hydrogen-bond donors (Lipinski definition) is 1. The predicted octanol–water partition coefficient (Wildman–Crippen LogP) is 3.68. The number of nitrogens with zero attached hydrogens (tertiary/aromatic N) is 4. The Morgan fingerprint density at radius 3 is 2.80 bits per heavy atom. The Balaban J connectivity index is 1.84. The zero-order chi connectivity index (χ0) is 17.8. The van der Waals surface area contributed by atoms with E-state index >= 15 is 0 Å². The molecule has 0 spiro atoms. The van der Waals surface area contributed by atoms with E-state index in [0.29, 0.717) is 6.04 Å². The van der Waals surface area contributed by atoms with Gasteiger partial charge in [0.15, 0.2) is 0 Å². The molecule has 1 aromatic heterocycles. The zero-order valence-electron chi connectivity index (χ0n) is 16.0. The molecule has 3 rings (SSSR count). The summed E-state index contributed by atoms with van der Waals surface area (Å²) in [7, 11) is 3.99. The van der Waals surface area contributed by atoms with Crippen molar-refractivity contribution in [2.24, 2.45) is 0 Å². The van der Waals surface area contributed by atoms with Crippen molar-refractivity contribution in [1.29, 1.82) is 0 Å². The lowest BCUT2D eigenvalue weighted by Crippen LogP contribution is -2.27. The molecule has 2 aromatic rings. The Kier molecular flexibility index (Phi) is 5.74. The fourth-order valence-corrected chi connectivity index (χ4v) is 3.57. The van der Waals surface area contributed by atoms with Crippen molar-refractivity contribution >= 4 is 22.7 Å². The fraction of sp³-hybridized carbons (Fsp3) is 0.600. The van der Waals surface area contributed by atoms with Gasteiger partial charge in [-0.1, -0.05) is 13.0 Å². The summed E-state index contributed by atoms with van der Waals surface area (Å²) in [4.78, 5) is 14.1. The summed E-state index contributed by atoms with van der Waals surface area (Å²) in [5, 5.41) is 4.85. The van der Waals surface area contributed by atoms with Crippen LogP contribution in [0.5, 0.6) is 0 Å². The van der Waals surface area contributed by atoms with Crippen LogP contribution in [0.1, 0.15) is 38.2 Å². The second kappa shape index (κ2) is 8.00. The molecule has 0 saturated carbocycles. The smallest absolute Gasteiger partial charge is 0.227 e. The number of aryl methyl sites for hydroxylation is 1. The normalized spacial score (nSPS) is 19.0. The molecule has 0 radical (unpaired) electrons. The van der Waals surface area contributed by atoms with Crippen molar-refractivity contribution in [2.75, 3.05) is 43.9 Å². The Bertz CT molecular complexity index is 713. The maximum absolute atomic E-state index is 4.80. The number of fused-ring (bicyclic) bond motifs is 1. The molecule has 1 unspecified atom stereocenters. The highest BCUT2D eigenvalue weighted by Crippen LogP contribution is 2.26. The van der Waals surface area contributed by atoms with E-state index in [1.54, 1.807) is 0 Å². The molecule has 1 aliphatic rings. The van der Waals surface area contributed by atoms with Crippen LogP contribution in [-0.4, -0.2) is 54.6 Å². The van der Waals surface area contributed by atoms with Gasteiger partial charge in [-0.2, -0.15) is 4.98 Å². The van der Waals surface area contributed by atoms with Crippen LogP contribution < -0.4 is 10.2 Å². The van der Waals surface area contributed by atoms with Gasteiger partial charge in [0.2, 0.25) is 5.95 Å². The van der Waals surface area contributed by atoms with E-state index in [1.165, 1.54) is 50.9 Å². The second-order valence-electron chi connectivity index (χ2n) is 7.40. The highest BCUT2D eigenvalue weighted by Gasteiger charge is 2.18. The lowest BCUT2D eigenvalue weighted by atomic mass is 10.1. The largest absolute Gasteiger partial charge is 0.367 e. The summed E-state index contributed by atoms with van der Waals surface area (Å²) < 4.78 is 0. The predicted molar refractivity (Wildman–Crippen MR) is 107 cm³/mol. The van der Waals surface area contributed by atoms with Crippen LogP contribution in [0.3, 0.4) is 0 Å². The molecule has 136 valence electrons. The van der Waals surface area contributed by atoms with Gasteiger partial charge in [0.05, 0.1) is 5.52 Å². The molecule has 0 amide bonds. The third-order valence-electron chi connectivity index (χ3n) is 4.94. The molecule has 1 aromatic carbocycles. The molecule has 1 atom stereocenters. The number of likely N-dealkylation sites (tertiary alicyclic amines) is 1. The maximum Gasteiger partial charge on any atom is 0.227 e. The summed E-state index contributed by atoms with van der Waals surface area (Å²) in [6.45, 7) is 7.98. The summed E-state index contributed by atoms with van der Waals surface area (Å²) >= 11 is 0. The first-order valence-corrected chi connectivity index (χ1v) is 9.51. The second-order valence-corrected chi connectivity index (χ2v) is 7.40. The quantitative estimate of drug-likeness (QED) is 0.899. The lowest BCUT2D eigenvalue weighted by molar-refractivity contribution is 0.285. The van der Waals surface area contributed by atoms with Gasteiger partial charge in [-0.25, -0.2) is 4.98 Å². The van der Waals surface area contributed by atoms with Crippen LogP contribution in [0.2, 0.25) is 0 Å². The first-order chi connectivity index (χ1) is 12.1. The summed E-state index contributed by atoms with van der Waals surface area (Å²) in [6, 6.07) is 6.91. The SMILES string of the molecule is CCCN1CCCC(Nc2nc(N(C)C)nc3cc(C)ccc23)CC1. The molecule has 1 fully saturated rings. The topological polar surface area (TPSA) is 44.3 Å². The highest BCUT2D eigenvalue weighted by molar-refractivity contribution is 5.90. The summed E-state index contributed by atoms with van der Waals surface area (Å²) in [6.07, 6.45) is 4.87. The molecular weight excluding hydrogens is 310 g/mol. The van der Waals surface area contributed by atoms with E-state index in [2.05, 4.69) is 42.3 Å². The maximum atomic E-state index is 4.80. The van der Waals surface area contributed by atoms with Crippen LogP contribution in [-0.2, 0) is 0 Å². The Labute approximate surface area is 151 Å². The van der Waals surface area contributed by atoms with Crippen LogP contribution in [0.15, 0.2) is 18.2 Å². The minimum Gasteiger partial charge on any atom is -0.367 e. The fourth-order valence-electron chi connectivity index (χ4n) is 3.57. The molecule has 1 saturated heterocycles. The van der Waals surface area contributed by atoms with Crippen molar-refractivity contribution in [3.8, 4) is 0 Å². The number of hydrogen-bond acceptors (Lipinski definition) is 5. The van der Waals surface area contributed by atoms with Crippen molar-refractivity contribution in [3.63, 3.8) is 0 Å². The van der Waals surface area contributed by atoms with E-state index in [0.717, 1.165) is 22.7 Å². The average molecular weight is 342 g/mol. The van der Waals surface area contributed by atoms with Crippen LogP contribution in [0.25, 0.3) is 10.9 Å². The number of anilines is 2. The summed E-state index contributed by atoms with van der Waals surface area (Å²) in [5.41, 5.74) is 2.24. The number of benzene rings is 1. The third kappa shape index (κ3) is 4.40. The van der Waals surface area contributed by atoms with Gasteiger partial charge in [-0.15, -0.1) is 0 Å². The Morgan fingerprint density at radius 2 is 2.04 bits per heavy atom. The molecule has 25 heavy (non-hydrogen) atoms. The van der Waals surface area contributed by atoms with Crippen molar-refractivity contribution < 1.29 is 0 Å². The van der Waals surface area contributed by atoms with Gasteiger partial charge in [0, 0.05) is 32.1 Å². The van der Waals surface area contributed by atoms with Gasteiger partial charge < -0.3 is 15.1 Å². The molecule has 1 N–H and O–H groups in total. The molecule has 5 heteroatoms. The molecule has 0 aliphatic carbocycles. The van der Waals surface area contributed by atoms with Gasteiger partial charge in [0.1, 0.15) is 5.82 Å². The van der Waals surface area contributed by atoms with Gasteiger partial charge in [-0.05, 0) is 63.4 Å². The van der Waals surface area contributed by atoms with Crippen LogP contribution >= 0.6 is 0 Å². The van der Waals surface area contributed by atoms with E-state index < -0.39 is 0 Å². The number of aromatic nitrogens is 2. The monoisotopic (exact) mass is 341 g/mol. The van der Waals surface area contributed by atoms with Crippen LogP contribution in [0, 0.1) is 6.92 Å². The van der Waals surface area contributed by atoms with Gasteiger partial charge in [-0.3, -0.25) is 0 Å². The molecule has 1 aliphatic heterocycles. The average Bonchev–Trinajstić information content (AvgIpc) is 2.80. The van der Waals surface area contributed by atoms with Crippen molar-refractivity contribution in [2.45, 2.75) is 45.6 Å². The van der Waals surface area contributed by atoms with Crippen LogP contribution in [0.4, 0.5) is 11.8 Å². The number of rotatable bonds is 5. The zero-order valence-corrected chi connectivity index (χ0v) is 16.0. The standard InChI is InChI=1S/C20H31N5/c1-5-11-25-12-6-7-16(10-13-25)21-19-17-9-8-15(2)14-18(17)22-20(23-19)24(3)4/h8-9,14,16H,5-7,10-13H2,1-4H3,(H,21,22,23). The minimum atomic E-state index is 0.483. The van der Waals surface area contributed by atoms with E-state index in [1.807, 2.05) is 19.0 Å². The Morgan fingerprint density at radius 1 is 1.20 bits per heavy atom. The number of nitrogens with one attached hydrogen (secondary N) is 1. The molecule has 2 heterocycles. The third-order valence-corrected chi connectivity index (χ3v) is 4.94. The molecule has 0 bridgehead atoms. The molecular formula is C20H31N5. The molecule has 5 nitrogen and oxygen atoms in total. The highest BCUT2D eigenvalue weighted by atomic mass is 15.2. The van der Waals surface area contributed by atoms with Gasteiger partial charge in [0.25, 0.3) is 0 Å². The first kappa shape index (κ1) is 17.9. The van der Waals surface area contributed by atoms with E-state index in [4.69, 9.17) is 9.97 Å². The van der Waals surface area contributed by atoms with Crippen molar-refractivity contribution in [3.05, 3.63) is 23.8 Å². The Hall–Kier alpha value is -1.88. The van der Waals surface area contributed by atoms with Crippen molar-refractivity contribution in [1.82, 2.24) is 14.9 Å². The minimum absolute atomic E-state index is 0.483.